The van der Waals surface area contributed by atoms with Gasteiger partial charge in [-0.1, -0.05) is 58.0 Å². The molecule has 35 heavy (non-hydrogen) atoms. The average Bonchev–Trinajstić information content (AvgIpc) is 3.14. The Balaban J connectivity index is 0.00000167. The Morgan fingerprint density at radius 1 is 0.886 bits per heavy atom. The van der Waals surface area contributed by atoms with E-state index < -0.39 is 22.9 Å². The molecule has 6 heteroatoms. The summed E-state index contributed by atoms with van der Waals surface area (Å²) in [5.74, 6) is -2.01. The first kappa shape index (κ1) is 26.4. The van der Waals surface area contributed by atoms with Crippen LogP contribution in [-0.4, -0.2) is 18.3 Å². The number of hydrogen-bond donors (Lipinski definition) is 0. The molecule has 0 spiro atoms. The van der Waals surface area contributed by atoms with E-state index in [2.05, 4.69) is 0 Å². The normalized spacial score (nSPS) is 11.3. The van der Waals surface area contributed by atoms with Gasteiger partial charge < -0.3 is 14.0 Å². The van der Waals surface area contributed by atoms with Crippen LogP contribution >= 0.6 is 0 Å². The highest BCUT2D eigenvalue weighted by Crippen LogP contribution is 2.41. The van der Waals surface area contributed by atoms with Crippen molar-refractivity contribution in [1.82, 2.24) is 4.57 Å². The zero-order valence-electron chi connectivity index (χ0n) is 21.1. The van der Waals surface area contributed by atoms with Crippen molar-refractivity contribution in [2.24, 2.45) is 0 Å². The monoisotopic (exact) mass is 483 g/mol. The molecule has 4 rings (SSSR count). The summed E-state index contributed by atoms with van der Waals surface area (Å²) in [6.45, 7) is 10.6. The minimum absolute atomic E-state index is 0.270. The Bertz CT molecular complexity index is 1300. The van der Waals surface area contributed by atoms with Crippen LogP contribution in [0.5, 0.6) is 5.75 Å². The number of halogens is 3. The average molecular weight is 484 g/mol. The van der Waals surface area contributed by atoms with E-state index in [9.17, 15) is 13.2 Å². The van der Waals surface area contributed by atoms with Gasteiger partial charge in [0.15, 0.2) is 11.6 Å². The predicted octanol–water partition coefficient (Wildman–Crippen LogP) is 7.89. The van der Waals surface area contributed by atoms with Crippen LogP contribution in [0.2, 0.25) is 0 Å². The van der Waals surface area contributed by atoms with Gasteiger partial charge in [-0.3, -0.25) is 0 Å². The summed E-state index contributed by atoms with van der Waals surface area (Å²) in [5, 5.41) is 0.719. The summed E-state index contributed by atoms with van der Waals surface area (Å²) < 4.78 is 56.0. The van der Waals surface area contributed by atoms with Crippen LogP contribution in [-0.2, 0) is 16.8 Å². The lowest BCUT2D eigenvalue weighted by Crippen LogP contribution is -2.27. The second-order valence-electron chi connectivity index (χ2n) is 8.80. The maximum absolute atomic E-state index is 14.8. The number of hydrogen-bond acceptors (Lipinski definition) is 2. The van der Waals surface area contributed by atoms with Crippen LogP contribution in [0.4, 0.5) is 13.2 Å². The number of aromatic nitrogens is 1. The lowest BCUT2D eigenvalue weighted by Gasteiger charge is -2.27. The van der Waals surface area contributed by atoms with Gasteiger partial charge in [0.1, 0.15) is 18.2 Å². The molecule has 3 nitrogen and oxygen atoms in total. The molecular formula is C29H32F3NO2. The molecule has 0 aliphatic carbocycles. The van der Waals surface area contributed by atoms with Crippen LogP contribution in [0.3, 0.4) is 0 Å². The van der Waals surface area contributed by atoms with E-state index in [0.29, 0.717) is 23.6 Å². The summed E-state index contributed by atoms with van der Waals surface area (Å²) in [5.41, 5.74) is 3.01. The van der Waals surface area contributed by atoms with Gasteiger partial charge in [0.25, 0.3) is 0 Å². The Labute approximate surface area is 205 Å². The number of fused-ring (bicyclic) bond motifs is 1. The largest absolute Gasteiger partial charge is 0.488 e. The van der Waals surface area contributed by atoms with Gasteiger partial charge in [-0.05, 0) is 36.2 Å². The van der Waals surface area contributed by atoms with E-state index in [1.165, 1.54) is 18.2 Å². The lowest BCUT2D eigenvalue weighted by molar-refractivity contribution is 0.143. The number of nitrogens with zero attached hydrogens (tertiary/aromatic N) is 1. The Morgan fingerprint density at radius 2 is 1.57 bits per heavy atom. The first-order valence-electron chi connectivity index (χ1n) is 11.7. The highest BCUT2D eigenvalue weighted by molar-refractivity contribution is 5.93. The third kappa shape index (κ3) is 5.38. The summed E-state index contributed by atoms with van der Waals surface area (Å²) in [4.78, 5) is 0. The van der Waals surface area contributed by atoms with Gasteiger partial charge in [0.2, 0.25) is 0 Å². The second-order valence-corrected chi connectivity index (χ2v) is 8.80. The van der Waals surface area contributed by atoms with Crippen molar-refractivity contribution < 1.29 is 22.6 Å². The SMILES string of the molecule is CC.COCC(C)(C)c1c(C)c2c(OCc3ccccc3)cc(F)cc2n1-c1ccc(F)c(F)c1. The van der Waals surface area contributed by atoms with Crippen LogP contribution in [0, 0.1) is 24.4 Å². The fourth-order valence-electron chi connectivity index (χ4n) is 4.51. The van der Waals surface area contributed by atoms with Gasteiger partial charge in [-0.25, -0.2) is 13.2 Å². The van der Waals surface area contributed by atoms with E-state index in [4.69, 9.17) is 9.47 Å². The van der Waals surface area contributed by atoms with Gasteiger partial charge in [-0.2, -0.15) is 0 Å². The third-order valence-electron chi connectivity index (χ3n) is 5.79. The molecule has 1 aromatic heterocycles. The molecule has 4 aromatic rings. The fraction of sp³-hybridized carbons (Fsp3) is 0.310. The number of benzene rings is 3. The fourth-order valence-corrected chi connectivity index (χ4v) is 4.51. The van der Waals surface area contributed by atoms with Crippen LogP contribution in [0.15, 0.2) is 60.7 Å². The molecule has 186 valence electrons. The van der Waals surface area contributed by atoms with E-state index in [-0.39, 0.29) is 6.61 Å². The molecule has 0 aliphatic rings. The number of methoxy groups -OCH3 is 1. The van der Waals surface area contributed by atoms with Crippen LogP contribution in [0.1, 0.15) is 44.5 Å². The number of rotatable bonds is 7. The summed E-state index contributed by atoms with van der Waals surface area (Å²) in [6, 6.07) is 16.0. The molecule has 1 heterocycles. The van der Waals surface area contributed by atoms with Crippen molar-refractivity contribution in [3.05, 3.63) is 94.9 Å². The van der Waals surface area contributed by atoms with Crippen molar-refractivity contribution in [1.29, 1.82) is 0 Å². The molecule has 0 aliphatic heterocycles. The summed E-state index contributed by atoms with van der Waals surface area (Å²) in [6.07, 6.45) is 0. The first-order chi connectivity index (χ1) is 16.7. The summed E-state index contributed by atoms with van der Waals surface area (Å²) in [7, 11) is 1.61. The quantitative estimate of drug-likeness (QED) is 0.267. The Hall–Kier alpha value is -3.25. The molecule has 3 aromatic carbocycles. The van der Waals surface area contributed by atoms with Gasteiger partial charge >= 0.3 is 0 Å². The molecule has 0 radical (unpaired) electrons. The molecule has 0 unspecified atom stereocenters. The predicted molar refractivity (Wildman–Crippen MR) is 135 cm³/mol. The van der Waals surface area contributed by atoms with E-state index in [1.54, 1.807) is 11.7 Å². The van der Waals surface area contributed by atoms with E-state index in [1.807, 2.05) is 65.0 Å². The smallest absolute Gasteiger partial charge is 0.160 e. The standard InChI is InChI=1S/C27H26F3NO2.C2H6/c1-17-25-23(12-19(28)13-24(25)33-15-18-8-6-5-7-9-18)31(26(17)27(2,3)16-32-4)20-10-11-21(29)22(30)14-20;1-2/h5-14H,15-16H2,1-4H3;1-2H3. The molecule has 0 amide bonds. The molecule has 0 saturated carbocycles. The van der Waals surface area contributed by atoms with Crippen molar-refractivity contribution in [3.63, 3.8) is 0 Å². The van der Waals surface area contributed by atoms with Crippen molar-refractivity contribution in [2.45, 2.75) is 46.6 Å². The van der Waals surface area contributed by atoms with Gasteiger partial charge in [0.05, 0.1) is 12.1 Å². The highest BCUT2D eigenvalue weighted by Gasteiger charge is 2.31. The third-order valence-corrected chi connectivity index (χ3v) is 5.79. The van der Waals surface area contributed by atoms with E-state index in [0.717, 1.165) is 34.3 Å². The minimum atomic E-state index is -0.973. The minimum Gasteiger partial charge on any atom is -0.488 e. The molecule has 0 bridgehead atoms. The zero-order valence-corrected chi connectivity index (χ0v) is 21.1. The van der Waals surface area contributed by atoms with Crippen molar-refractivity contribution in [2.75, 3.05) is 13.7 Å². The lowest BCUT2D eigenvalue weighted by atomic mass is 9.87. The van der Waals surface area contributed by atoms with Gasteiger partial charge in [0, 0.05) is 41.4 Å². The zero-order chi connectivity index (χ0) is 25.8. The maximum Gasteiger partial charge on any atom is 0.160 e. The Kier molecular flexibility index (Phi) is 8.28. The molecular weight excluding hydrogens is 451 g/mol. The second kappa shape index (κ2) is 11.0. The van der Waals surface area contributed by atoms with E-state index >= 15 is 0 Å². The van der Waals surface area contributed by atoms with Crippen LogP contribution in [0.25, 0.3) is 16.6 Å². The maximum atomic E-state index is 14.8. The van der Waals surface area contributed by atoms with Crippen LogP contribution < -0.4 is 4.74 Å². The number of ether oxygens (including phenoxy) is 2. The topological polar surface area (TPSA) is 23.4 Å². The van der Waals surface area contributed by atoms with Crippen molar-refractivity contribution >= 4 is 10.9 Å². The molecule has 0 saturated heterocycles. The van der Waals surface area contributed by atoms with Crippen molar-refractivity contribution in [3.8, 4) is 11.4 Å². The first-order valence-corrected chi connectivity index (χ1v) is 11.7. The summed E-state index contributed by atoms with van der Waals surface area (Å²) >= 11 is 0. The Morgan fingerprint density at radius 3 is 2.20 bits per heavy atom. The highest BCUT2D eigenvalue weighted by atomic mass is 19.2. The molecule has 0 N–H and O–H groups in total. The molecule has 0 atom stereocenters. The number of aryl methyl sites for hydroxylation is 1. The van der Waals surface area contributed by atoms with Gasteiger partial charge in [-0.15, -0.1) is 0 Å². The molecule has 0 fully saturated rings.